The van der Waals surface area contributed by atoms with Crippen LogP contribution in [0, 0.1) is 0 Å². The number of nitrogens with zero attached hydrogens (tertiary/aromatic N) is 2. The molecule has 0 saturated carbocycles. The largest absolute Gasteiger partial charge is 0.351 e. The Balaban J connectivity index is 0.00000289. The first-order chi connectivity index (χ1) is 14.7. The molecule has 2 aromatic heterocycles. The molecule has 32 heavy (non-hydrogen) atoms. The van der Waals surface area contributed by atoms with Crippen LogP contribution >= 0.6 is 12.4 Å². The van der Waals surface area contributed by atoms with Crippen molar-refractivity contribution in [2.75, 3.05) is 28.4 Å². The lowest BCUT2D eigenvalue weighted by molar-refractivity contribution is 0.477. The number of piperidine rings is 1. The SMILES string of the molecule is CC(C)(C)S(=O)(=O)Nc1cccc(Nc2nc(NC3CCNCC3)nc3[nH]ccc23)c1.Cl. The first-order valence-corrected chi connectivity index (χ1v) is 11.9. The maximum absolute atomic E-state index is 12.5. The molecule has 1 aromatic carbocycles. The summed E-state index contributed by atoms with van der Waals surface area (Å²) in [5, 5.41) is 11.0. The highest BCUT2D eigenvalue weighted by molar-refractivity contribution is 7.94. The summed E-state index contributed by atoms with van der Waals surface area (Å²) < 4.78 is 26.7. The fourth-order valence-corrected chi connectivity index (χ4v) is 4.10. The molecular weight excluding hydrogens is 450 g/mol. The molecule has 0 aliphatic carbocycles. The molecule has 4 rings (SSSR count). The van der Waals surface area contributed by atoms with Crippen molar-refractivity contribution in [1.29, 1.82) is 0 Å². The zero-order valence-electron chi connectivity index (χ0n) is 18.4. The molecule has 9 nitrogen and oxygen atoms in total. The fraction of sp³-hybridized carbons (Fsp3) is 0.429. The van der Waals surface area contributed by atoms with E-state index < -0.39 is 14.8 Å². The predicted octanol–water partition coefficient (Wildman–Crippen LogP) is 3.83. The van der Waals surface area contributed by atoms with Crippen molar-refractivity contribution in [3.8, 4) is 0 Å². The van der Waals surface area contributed by atoms with Gasteiger partial charge in [0.2, 0.25) is 16.0 Å². The number of H-pyrrole nitrogens is 1. The van der Waals surface area contributed by atoms with Gasteiger partial charge in [0.15, 0.2) is 0 Å². The molecule has 1 fully saturated rings. The van der Waals surface area contributed by atoms with Gasteiger partial charge in [-0.15, -0.1) is 12.4 Å². The van der Waals surface area contributed by atoms with Crippen molar-refractivity contribution in [3.63, 3.8) is 0 Å². The molecule has 0 bridgehead atoms. The van der Waals surface area contributed by atoms with Gasteiger partial charge in [0, 0.05) is 17.9 Å². The van der Waals surface area contributed by atoms with Gasteiger partial charge in [-0.3, -0.25) is 4.72 Å². The standard InChI is InChI=1S/C21H29N7O2S.ClH/c1-21(2,3)31(29,30)28-16-6-4-5-15(13-16)24-19-17-9-12-23-18(17)26-20(27-19)25-14-7-10-22-11-8-14;/h4-6,9,12-14,22,28H,7-8,10-11H2,1-3H3,(H3,23,24,25,26,27);1H. The zero-order valence-corrected chi connectivity index (χ0v) is 20.0. The topological polar surface area (TPSA) is 124 Å². The maximum Gasteiger partial charge on any atom is 0.237 e. The van der Waals surface area contributed by atoms with Crippen LogP contribution in [0.25, 0.3) is 11.0 Å². The predicted molar refractivity (Wildman–Crippen MR) is 133 cm³/mol. The summed E-state index contributed by atoms with van der Waals surface area (Å²) in [6.07, 6.45) is 3.86. The van der Waals surface area contributed by atoms with E-state index in [1.54, 1.807) is 39.0 Å². The molecule has 1 aliphatic rings. The van der Waals surface area contributed by atoms with Crippen LogP contribution in [0.4, 0.5) is 23.1 Å². The van der Waals surface area contributed by atoms with Gasteiger partial charge in [0.1, 0.15) is 11.5 Å². The Morgan fingerprint density at radius 1 is 1.06 bits per heavy atom. The monoisotopic (exact) mass is 479 g/mol. The third kappa shape index (κ3) is 5.43. The molecule has 1 aliphatic heterocycles. The van der Waals surface area contributed by atoms with Crippen molar-refractivity contribution in [3.05, 3.63) is 36.5 Å². The lowest BCUT2D eigenvalue weighted by atomic mass is 10.1. The Morgan fingerprint density at radius 3 is 2.50 bits per heavy atom. The number of benzene rings is 1. The Morgan fingerprint density at radius 2 is 1.78 bits per heavy atom. The molecule has 0 radical (unpaired) electrons. The molecule has 0 amide bonds. The number of fused-ring (bicyclic) bond motifs is 1. The van der Waals surface area contributed by atoms with Crippen LogP contribution in [0.5, 0.6) is 0 Å². The summed E-state index contributed by atoms with van der Waals surface area (Å²) in [6, 6.07) is 9.39. The highest BCUT2D eigenvalue weighted by Gasteiger charge is 2.28. The highest BCUT2D eigenvalue weighted by Crippen LogP contribution is 2.27. The molecule has 5 N–H and O–H groups in total. The summed E-state index contributed by atoms with van der Waals surface area (Å²) in [5.41, 5.74) is 1.95. The van der Waals surface area contributed by atoms with Gasteiger partial charge >= 0.3 is 0 Å². The molecule has 0 atom stereocenters. The fourth-order valence-electron chi connectivity index (χ4n) is 3.36. The number of hydrogen-bond acceptors (Lipinski definition) is 7. The van der Waals surface area contributed by atoms with E-state index in [1.807, 2.05) is 18.3 Å². The molecule has 174 valence electrons. The van der Waals surface area contributed by atoms with Gasteiger partial charge in [0.25, 0.3) is 0 Å². The molecular formula is C21H30ClN7O2S. The van der Waals surface area contributed by atoms with Crippen LogP contribution in [-0.4, -0.2) is 47.2 Å². The highest BCUT2D eigenvalue weighted by atomic mass is 35.5. The van der Waals surface area contributed by atoms with Gasteiger partial charge in [-0.25, -0.2) is 8.42 Å². The van der Waals surface area contributed by atoms with Gasteiger partial charge in [-0.1, -0.05) is 6.07 Å². The third-order valence-electron chi connectivity index (χ3n) is 5.27. The molecule has 0 unspecified atom stereocenters. The Kier molecular flexibility index (Phi) is 7.16. The number of aromatic amines is 1. The maximum atomic E-state index is 12.5. The van der Waals surface area contributed by atoms with Crippen LogP contribution in [0.3, 0.4) is 0 Å². The second-order valence-electron chi connectivity index (χ2n) is 8.73. The van der Waals surface area contributed by atoms with Gasteiger partial charge in [-0.05, 0) is 71.0 Å². The number of rotatable bonds is 6. The van der Waals surface area contributed by atoms with E-state index in [0.717, 1.165) is 42.7 Å². The minimum Gasteiger partial charge on any atom is -0.351 e. The Labute approximate surface area is 194 Å². The summed E-state index contributed by atoms with van der Waals surface area (Å²) in [7, 11) is -3.51. The van der Waals surface area contributed by atoms with Gasteiger partial charge in [0.05, 0.1) is 15.8 Å². The third-order valence-corrected chi connectivity index (χ3v) is 7.39. The van der Waals surface area contributed by atoms with Crippen LogP contribution < -0.4 is 20.7 Å². The van der Waals surface area contributed by atoms with E-state index in [-0.39, 0.29) is 12.4 Å². The van der Waals surface area contributed by atoms with Crippen LogP contribution in [0.15, 0.2) is 36.5 Å². The van der Waals surface area contributed by atoms with E-state index in [1.165, 1.54) is 0 Å². The summed E-state index contributed by atoms with van der Waals surface area (Å²) in [5.74, 6) is 1.22. The van der Waals surface area contributed by atoms with E-state index in [4.69, 9.17) is 4.98 Å². The lowest BCUT2D eigenvalue weighted by Gasteiger charge is -2.24. The number of aromatic nitrogens is 3. The minimum atomic E-state index is -3.51. The molecule has 3 heterocycles. The van der Waals surface area contributed by atoms with Crippen molar-refractivity contribution in [1.82, 2.24) is 20.3 Å². The summed E-state index contributed by atoms with van der Waals surface area (Å²) in [4.78, 5) is 12.4. The van der Waals surface area contributed by atoms with E-state index in [9.17, 15) is 8.42 Å². The van der Waals surface area contributed by atoms with E-state index in [2.05, 4.69) is 30.6 Å². The number of hydrogen-bond donors (Lipinski definition) is 5. The first kappa shape index (κ1) is 24.1. The Bertz CT molecular complexity index is 1170. The van der Waals surface area contributed by atoms with Crippen LogP contribution in [0.2, 0.25) is 0 Å². The van der Waals surface area contributed by atoms with Crippen molar-refractivity contribution >= 4 is 56.6 Å². The number of nitrogens with one attached hydrogen (secondary N) is 5. The zero-order chi connectivity index (χ0) is 22.1. The lowest BCUT2D eigenvalue weighted by Crippen LogP contribution is -2.35. The quantitative estimate of drug-likeness (QED) is 0.364. The molecule has 3 aromatic rings. The van der Waals surface area contributed by atoms with Crippen LogP contribution in [-0.2, 0) is 10.0 Å². The molecule has 11 heteroatoms. The normalized spacial score (nSPS) is 15.2. The van der Waals surface area contributed by atoms with Crippen molar-refractivity contribution in [2.45, 2.75) is 44.4 Å². The number of sulfonamides is 1. The van der Waals surface area contributed by atoms with Gasteiger partial charge in [-0.2, -0.15) is 9.97 Å². The average Bonchev–Trinajstić information content (AvgIpc) is 3.17. The van der Waals surface area contributed by atoms with E-state index >= 15 is 0 Å². The molecule has 0 spiro atoms. The number of anilines is 4. The van der Waals surface area contributed by atoms with Gasteiger partial charge < -0.3 is 20.9 Å². The second-order valence-corrected chi connectivity index (χ2v) is 11.2. The van der Waals surface area contributed by atoms with Crippen molar-refractivity contribution in [2.24, 2.45) is 0 Å². The van der Waals surface area contributed by atoms with Crippen LogP contribution in [0.1, 0.15) is 33.6 Å². The smallest absolute Gasteiger partial charge is 0.237 e. The molecule has 1 saturated heterocycles. The minimum absolute atomic E-state index is 0. The number of halogens is 1. The summed E-state index contributed by atoms with van der Waals surface area (Å²) >= 11 is 0. The summed E-state index contributed by atoms with van der Waals surface area (Å²) in [6.45, 7) is 6.95. The van der Waals surface area contributed by atoms with E-state index in [0.29, 0.717) is 23.5 Å². The first-order valence-electron chi connectivity index (χ1n) is 10.4. The average molecular weight is 480 g/mol. The second kappa shape index (κ2) is 9.51. The van der Waals surface area contributed by atoms with Crippen molar-refractivity contribution < 1.29 is 8.42 Å². The Hall–Kier alpha value is -2.56.